The van der Waals surface area contributed by atoms with E-state index in [4.69, 9.17) is 9.47 Å². The smallest absolute Gasteiger partial charge is 0.424 e. The number of piperidine rings is 1. The number of carbonyl (C=O) groups is 2. The minimum absolute atomic E-state index is 0.0482. The minimum atomic E-state index is -4.58. The molecule has 1 aromatic carbocycles. The summed E-state index contributed by atoms with van der Waals surface area (Å²) in [5.41, 5.74) is -0.0796. The van der Waals surface area contributed by atoms with Gasteiger partial charge >= 0.3 is 18.2 Å². The summed E-state index contributed by atoms with van der Waals surface area (Å²) in [6.45, 7) is 2.20. The number of urea groups is 1. The Morgan fingerprint density at radius 3 is 2.62 bits per heavy atom. The molecule has 0 spiro atoms. The fourth-order valence-electron chi connectivity index (χ4n) is 4.38. The first-order chi connectivity index (χ1) is 16.3. The van der Waals surface area contributed by atoms with Gasteiger partial charge in [0.05, 0.1) is 12.1 Å². The maximum absolute atomic E-state index is 12.9. The molecule has 3 amide bonds. The zero-order valence-electron chi connectivity index (χ0n) is 18.0. The van der Waals surface area contributed by atoms with Crippen LogP contribution in [-0.2, 0) is 15.7 Å². The number of amides is 3. The van der Waals surface area contributed by atoms with E-state index in [1.807, 2.05) is 12.1 Å². The lowest BCUT2D eigenvalue weighted by Crippen LogP contribution is -2.63. The monoisotopic (exact) mass is 477 g/mol. The van der Waals surface area contributed by atoms with E-state index in [1.165, 1.54) is 0 Å². The third-order valence-electron chi connectivity index (χ3n) is 6.23. The molecule has 3 fully saturated rings. The second kappa shape index (κ2) is 8.75. The maximum atomic E-state index is 12.9. The molecule has 3 aliphatic heterocycles. The minimum Gasteiger partial charge on any atom is -0.424 e. The van der Waals surface area contributed by atoms with E-state index in [0.29, 0.717) is 38.3 Å². The predicted octanol–water partition coefficient (Wildman–Crippen LogP) is 2.40. The van der Waals surface area contributed by atoms with Gasteiger partial charge in [0, 0.05) is 38.3 Å². The summed E-state index contributed by atoms with van der Waals surface area (Å²) in [5, 5.41) is 2.89. The van der Waals surface area contributed by atoms with Crippen molar-refractivity contribution in [1.29, 1.82) is 0 Å². The van der Waals surface area contributed by atoms with Crippen LogP contribution in [0, 0.1) is 0 Å². The highest BCUT2D eigenvalue weighted by molar-refractivity contribution is 5.79. The van der Waals surface area contributed by atoms with Gasteiger partial charge < -0.3 is 24.6 Å². The third kappa shape index (κ3) is 4.63. The molecule has 12 heteroatoms. The van der Waals surface area contributed by atoms with Crippen molar-refractivity contribution in [3.05, 3.63) is 47.8 Å². The Bertz CT molecular complexity index is 1070. The van der Waals surface area contributed by atoms with Crippen molar-refractivity contribution in [2.24, 2.45) is 0 Å². The molecule has 1 N–H and O–H groups in total. The first-order valence-electron chi connectivity index (χ1n) is 10.9. The van der Waals surface area contributed by atoms with Crippen molar-refractivity contribution in [2.75, 3.05) is 32.8 Å². The van der Waals surface area contributed by atoms with Crippen LogP contribution in [0.15, 0.2) is 36.5 Å². The molecular weight excluding hydrogens is 455 g/mol. The fraction of sp³-hybridized carbons (Fsp3) is 0.455. The van der Waals surface area contributed by atoms with E-state index in [-0.39, 0.29) is 42.6 Å². The van der Waals surface area contributed by atoms with Crippen LogP contribution in [0.25, 0.3) is 0 Å². The lowest BCUT2D eigenvalue weighted by atomic mass is 9.91. The number of aromatic nitrogens is 2. The van der Waals surface area contributed by atoms with Crippen molar-refractivity contribution in [2.45, 2.75) is 30.7 Å². The summed E-state index contributed by atoms with van der Waals surface area (Å²) in [6.07, 6.45) is -2.94. The fourth-order valence-corrected chi connectivity index (χ4v) is 4.38. The predicted molar refractivity (Wildman–Crippen MR) is 111 cm³/mol. The zero-order valence-corrected chi connectivity index (χ0v) is 18.0. The van der Waals surface area contributed by atoms with Gasteiger partial charge in [0.25, 0.3) is 0 Å². The highest BCUT2D eigenvalue weighted by Gasteiger charge is 2.40. The lowest BCUT2D eigenvalue weighted by molar-refractivity contribution is -0.141. The Morgan fingerprint density at radius 2 is 1.88 bits per heavy atom. The molecule has 3 aliphatic rings. The Hall–Kier alpha value is -3.41. The Labute approximate surface area is 192 Å². The van der Waals surface area contributed by atoms with Crippen LogP contribution in [0.5, 0.6) is 11.8 Å². The average molecular weight is 477 g/mol. The summed E-state index contributed by atoms with van der Waals surface area (Å²) in [7, 11) is 0. The normalized spacial score (nSPS) is 23.1. The number of ether oxygens (including phenoxy) is 2. The summed E-state index contributed by atoms with van der Waals surface area (Å²) < 4.78 is 49.3. The number of rotatable bonds is 3. The summed E-state index contributed by atoms with van der Waals surface area (Å²) in [5.74, 6) is 0.305. The van der Waals surface area contributed by atoms with Crippen molar-refractivity contribution < 1.29 is 32.2 Å². The van der Waals surface area contributed by atoms with Gasteiger partial charge in [0.15, 0.2) is 5.69 Å². The molecular formula is C22H22F3N5O4. The highest BCUT2D eigenvalue weighted by Crippen LogP contribution is 2.32. The van der Waals surface area contributed by atoms with Gasteiger partial charge in [-0.3, -0.25) is 4.79 Å². The summed E-state index contributed by atoms with van der Waals surface area (Å²) in [6, 6.07) is 7.07. The number of likely N-dealkylation sites (tertiary alicyclic amines) is 2. The average Bonchev–Trinajstić information content (AvgIpc) is 2.78. The molecule has 180 valence electrons. The third-order valence-corrected chi connectivity index (χ3v) is 6.23. The number of carbonyl (C=O) groups excluding carboxylic acids is 2. The van der Waals surface area contributed by atoms with Crippen molar-refractivity contribution in [3.63, 3.8) is 0 Å². The van der Waals surface area contributed by atoms with Gasteiger partial charge in [-0.1, -0.05) is 12.1 Å². The molecule has 5 rings (SSSR count). The molecule has 2 aromatic rings. The van der Waals surface area contributed by atoms with Crippen LogP contribution in [-0.4, -0.2) is 76.6 Å². The topological polar surface area (TPSA) is 96.9 Å². The standard InChI is InChI=1S/C22H22F3N5O4/c23-22(24,25)18-5-7-26-20(28-18)34-15-3-1-13(2-4-15)14-9-30(10-14)21(32)29-8-6-17-16(11-29)27-19(31)12-33-17/h1-5,7,14,16-17H,6,8-12H2,(H,27,31)/t16?,17-/m0/s1. The van der Waals surface area contributed by atoms with Crippen LogP contribution in [0.4, 0.5) is 18.0 Å². The van der Waals surface area contributed by atoms with E-state index < -0.39 is 11.9 Å². The van der Waals surface area contributed by atoms with Gasteiger partial charge in [-0.15, -0.1) is 0 Å². The number of morpholine rings is 1. The number of hydrogen-bond acceptors (Lipinski definition) is 6. The number of fused-ring (bicyclic) bond motifs is 1. The Kier molecular flexibility index (Phi) is 5.76. The lowest BCUT2D eigenvalue weighted by Gasteiger charge is -2.46. The molecule has 0 aliphatic carbocycles. The number of nitrogens with one attached hydrogen (secondary N) is 1. The number of halogens is 3. The quantitative estimate of drug-likeness (QED) is 0.730. The van der Waals surface area contributed by atoms with Crippen LogP contribution in [0.2, 0.25) is 0 Å². The Balaban J connectivity index is 1.14. The van der Waals surface area contributed by atoms with E-state index in [1.54, 1.807) is 21.9 Å². The number of alkyl halides is 3. The van der Waals surface area contributed by atoms with Gasteiger partial charge in [0.2, 0.25) is 5.91 Å². The van der Waals surface area contributed by atoms with Crippen LogP contribution in [0.1, 0.15) is 23.6 Å². The van der Waals surface area contributed by atoms with Crippen molar-refractivity contribution in [3.8, 4) is 11.8 Å². The second-order valence-corrected chi connectivity index (χ2v) is 8.54. The molecule has 9 nitrogen and oxygen atoms in total. The van der Waals surface area contributed by atoms with E-state index in [9.17, 15) is 22.8 Å². The Morgan fingerprint density at radius 1 is 1.12 bits per heavy atom. The molecule has 0 radical (unpaired) electrons. The second-order valence-electron chi connectivity index (χ2n) is 8.54. The van der Waals surface area contributed by atoms with Crippen molar-refractivity contribution in [1.82, 2.24) is 25.1 Å². The van der Waals surface area contributed by atoms with Crippen LogP contribution in [0.3, 0.4) is 0 Å². The van der Waals surface area contributed by atoms with Gasteiger partial charge in [-0.25, -0.2) is 9.78 Å². The molecule has 34 heavy (non-hydrogen) atoms. The SMILES string of the molecule is O=C1CO[C@H]2CCN(C(=O)N3CC(c4ccc(Oc5nccc(C(F)(F)F)n5)cc4)C3)CC2N1. The zero-order chi connectivity index (χ0) is 23.9. The molecule has 0 bridgehead atoms. The first kappa shape index (κ1) is 22.4. The van der Waals surface area contributed by atoms with Gasteiger partial charge in [0.1, 0.15) is 12.4 Å². The van der Waals surface area contributed by atoms with E-state index in [0.717, 1.165) is 17.8 Å². The number of hydrogen-bond donors (Lipinski definition) is 1. The van der Waals surface area contributed by atoms with Crippen LogP contribution < -0.4 is 10.1 Å². The molecule has 3 saturated heterocycles. The maximum Gasteiger partial charge on any atom is 0.433 e. The summed E-state index contributed by atoms with van der Waals surface area (Å²) >= 11 is 0. The molecule has 4 heterocycles. The largest absolute Gasteiger partial charge is 0.433 e. The van der Waals surface area contributed by atoms with Crippen LogP contribution >= 0.6 is 0 Å². The number of nitrogens with zero attached hydrogens (tertiary/aromatic N) is 4. The van der Waals surface area contributed by atoms with Gasteiger partial charge in [-0.2, -0.15) is 18.2 Å². The molecule has 1 unspecified atom stereocenters. The van der Waals surface area contributed by atoms with Crippen molar-refractivity contribution >= 4 is 11.9 Å². The highest BCUT2D eigenvalue weighted by atomic mass is 19.4. The summed E-state index contributed by atoms with van der Waals surface area (Å²) in [4.78, 5) is 35.0. The molecule has 1 aromatic heterocycles. The first-order valence-corrected chi connectivity index (χ1v) is 10.9. The van der Waals surface area contributed by atoms with E-state index in [2.05, 4.69) is 15.3 Å². The molecule has 0 saturated carbocycles. The van der Waals surface area contributed by atoms with Gasteiger partial charge in [-0.05, 0) is 30.2 Å². The number of benzene rings is 1. The molecule has 2 atom stereocenters. The van der Waals surface area contributed by atoms with E-state index >= 15 is 0 Å².